The number of fused-ring (bicyclic) bond motifs is 2. The minimum Gasteiger partial charge on any atom is -0.480 e. The molecule has 1 heterocycles. The summed E-state index contributed by atoms with van der Waals surface area (Å²) < 4.78 is 20.1. The van der Waals surface area contributed by atoms with E-state index < -0.39 is 22.4 Å². The molecule has 1 N–H and O–H groups in total. The average molecular weight is 595 g/mol. The Labute approximate surface area is 235 Å². The van der Waals surface area contributed by atoms with Crippen LogP contribution in [0.4, 0.5) is 0 Å². The van der Waals surface area contributed by atoms with E-state index in [0.717, 1.165) is 29.2 Å². The van der Waals surface area contributed by atoms with E-state index in [-0.39, 0.29) is 48.6 Å². The molecular formula is C30H44BrNO6. The van der Waals surface area contributed by atoms with Crippen LogP contribution >= 0.6 is 15.9 Å². The number of rotatable bonds is 9. The molecule has 5 aliphatic rings. The fourth-order valence-corrected chi connectivity index (χ4v) is 9.89. The fourth-order valence-electron chi connectivity index (χ4n) is 9.53. The van der Waals surface area contributed by atoms with Crippen molar-refractivity contribution in [1.82, 2.24) is 4.90 Å². The Morgan fingerprint density at radius 2 is 2.05 bits per heavy atom. The second-order valence-corrected chi connectivity index (χ2v) is 14.1. The largest absolute Gasteiger partial charge is 0.480 e. The normalized spacial score (nSPS) is 46.1. The number of aldehydes is 1. The van der Waals surface area contributed by atoms with Crippen molar-refractivity contribution in [3.05, 3.63) is 22.7 Å². The highest BCUT2D eigenvalue weighted by molar-refractivity contribution is 9.11. The number of carboxylic acid groups (broad SMARTS) is 1. The van der Waals surface area contributed by atoms with Crippen LogP contribution in [0.2, 0.25) is 0 Å². The molecule has 3 saturated carbocycles. The third kappa shape index (κ3) is 3.80. The summed E-state index contributed by atoms with van der Waals surface area (Å²) in [4.78, 5) is 29.1. The third-order valence-corrected chi connectivity index (χ3v) is 11.1. The van der Waals surface area contributed by atoms with Crippen molar-refractivity contribution in [2.75, 3.05) is 33.4 Å². The lowest BCUT2D eigenvalue weighted by atomic mass is 9.45. The van der Waals surface area contributed by atoms with E-state index in [1.165, 1.54) is 0 Å². The summed E-state index contributed by atoms with van der Waals surface area (Å²) >= 11 is 3.50. The van der Waals surface area contributed by atoms with Gasteiger partial charge in [0.15, 0.2) is 0 Å². The Hall–Kier alpha value is -1.06. The van der Waals surface area contributed by atoms with Crippen LogP contribution in [-0.2, 0) is 23.8 Å². The van der Waals surface area contributed by atoms with Gasteiger partial charge in [0.05, 0.1) is 35.9 Å². The molecular weight excluding hydrogens is 550 g/mol. The van der Waals surface area contributed by atoms with Gasteiger partial charge < -0.3 is 24.1 Å². The lowest BCUT2D eigenvalue weighted by Crippen LogP contribution is -2.66. The predicted molar refractivity (Wildman–Crippen MR) is 148 cm³/mol. The molecule has 0 amide bonds. The Balaban J connectivity index is 1.53. The van der Waals surface area contributed by atoms with Crippen molar-refractivity contribution in [2.24, 2.45) is 40.4 Å². The maximum absolute atomic E-state index is 13.6. The number of carbonyl (C=O) groups excluding carboxylic acids is 1. The van der Waals surface area contributed by atoms with Crippen molar-refractivity contribution in [3.8, 4) is 0 Å². The predicted octanol–water partition coefficient (Wildman–Crippen LogP) is 4.69. The van der Waals surface area contributed by atoms with Gasteiger partial charge in [-0.2, -0.15) is 0 Å². The highest BCUT2D eigenvalue weighted by Gasteiger charge is 2.85. The maximum atomic E-state index is 13.6. The van der Waals surface area contributed by atoms with Gasteiger partial charge in [0.2, 0.25) is 0 Å². The Morgan fingerprint density at radius 3 is 2.66 bits per heavy atom. The lowest BCUT2D eigenvalue weighted by molar-refractivity contribution is -0.218. The van der Waals surface area contributed by atoms with Crippen LogP contribution in [0.5, 0.6) is 0 Å². The molecule has 4 bridgehead atoms. The Bertz CT molecular complexity index is 1010. The van der Waals surface area contributed by atoms with Crippen molar-refractivity contribution >= 4 is 28.2 Å². The molecule has 8 heteroatoms. The van der Waals surface area contributed by atoms with Crippen molar-refractivity contribution < 1.29 is 28.9 Å². The van der Waals surface area contributed by atoms with Crippen LogP contribution in [0.3, 0.4) is 0 Å². The number of carboxylic acids is 1. The van der Waals surface area contributed by atoms with Crippen LogP contribution in [0.1, 0.15) is 53.4 Å². The summed E-state index contributed by atoms with van der Waals surface area (Å²) in [5.74, 6) is -0.136. The summed E-state index contributed by atoms with van der Waals surface area (Å²) in [6.45, 7) is 14.7. The minimum absolute atomic E-state index is 0.0196. The molecule has 212 valence electrons. The number of carbonyl (C=O) groups is 2. The van der Waals surface area contributed by atoms with E-state index in [1.807, 2.05) is 6.92 Å². The molecule has 10 atom stereocenters. The first-order chi connectivity index (χ1) is 18.0. The molecule has 7 nitrogen and oxygen atoms in total. The first-order valence-electron chi connectivity index (χ1n) is 14.3. The van der Waals surface area contributed by atoms with Gasteiger partial charge in [0.1, 0.15) is 11.7 Å². The summed E-state index contributed by atoms with van der Waals surface area (Å²) in [7, 11) is 1.70. The van der Waals surface area contributed by atoms with Gasteiger partial charge in [-0.15, -0.1) is 0 Å². The number of ether oxygens (including phenoxy) is 3. The zero-order valence-corrected chi connectivity index (χ0v) is 25.0. The second kappa shape index (κ2) is 10.1. The van der Waals surface area contributed by atoms with Crippen LogP contribution in [0, 0.1) is 40.4 Å². The molecule has 5 rings (SSSR count). The topological polar surface area (TPSA) is 85.3 Å². The minimum atomic E-state index is -1.33. The van der Waals surface area contributed by atoms with Crippen LogP contribution < -0.4 is 0 Å². The second-order valence-electron chi connectivity index (χ2n) is 13.0. The molecule has 1 saturated heterocycles. The van der Waals surface area contributed by atoms with Crippen molar-refractivity contribution in [1.29, 1.82) is 0 Å². The van der Waals surface area contributed by atoms with E-state index >= 15 is 0 Å². The van der Waals surface area contributed by atoms with Crippen LogP contribution in [-0.4, -0.2) is 79.5 Å². The van der Waals surface area contributed by atoms with Gasteiger partial charge >= 0.3 is 5.97 Å². The molecule has 1 aliphatic heterocycles. The number of methoxy groups -OCH3 is 1. The number of hydrogen-bond acceptors (Lipinski definition) is 6. The molecule has 38 heavy (non-hydrogen) atoms. The van der Waals surface area contributed by atoms with E-state index in [2.05, 4.69) is 54.3 Å². The zero-order chi connectivity index (χ0) is 27.6. The summed E-state index contributed by atoms with van der Waals surface area (Å²) in [6, 6.07) is 0. The van der Waals surface area contributed by atoms with Gasteiger partial charge in [-0.1, -0.05) is 61.4 Å². The number of hydrogen-bond donors (Lipinski definition) is 1. The molecule has 4 fully saturated rings. The number of nitrogens with zero attached hydrogens (tertiary/aromatic N) is 1. The Morgan fingerprint density at radius 1 is 1.32 bits per heavy atom. The average Bonchev–Trinajstić information content (AvgIpc) is 3.37. The summed E-state index contributed by atoms with van der Waals surface area (Å²) in [6.07, 6.45) is 5.92. The number of aliphatic carboxylic acids is 1. The first-order valence-corrected chi connectivity index (χ1v) is 15.1. The van der Waals surface area contributed by atoms with Gasteiger partial charge in [-0.25, -0.2) is 0 Å². The van der Waals surface area contributed by atoms with Crippen LogP contribution in [0.25, 0.3) is 0 Å². The highest BCUT2D eigenvalue weighted by atomic mass is 79.9. The molecule has 0 spiro atoms. The number of halogens is 1. The smallest absolute Gasteiger partial charge is 0.317 e. The lowest BCUT2D eigenvalue weighted by Gasteiger charge is -2.58. The quantitative estimate of drug-likeness (QED) is 0.306. The fraction of sp³-hybridized carbons (Fsp3) is 0.800. The van der Waals surface area contributed by atoms with Gasteiger partial charge in [-0.05, 0) is 49.9 Å². The molecule has 4 aliphatic carbocycles. The molecule has 0 aromatic heterocycles. The maximum Gasteiger partial charge on any atom is 0.317 e. The van der Waals surface area contributed by atoms with E-state index in [1.54, 1.807) is 7.11 Å². The van der Waals surface area contributed by atoms with Gasteiger partial charge in [0.25, 0.3) is 0 Å². The molecule has 0 radical (unpaired) electrons. The van der Waals surface area contributed by atoms with Gasteiger partial charge in [0, 0.05) is 37.1 Å². The summed E-state index contributed by atoms with van der Waals surface area (Å²) in [5, 5.41) is 11.1. The molecule has 0 aromatic rings. The zero-order valence-electron chi connectivity index (χ0n) is 23.5. The van der Waals surface area contributed by atoms with E-state index in [9.17, 15) is 14.7 Å². The SMILES string of the molecule is C=C(Br)CN1C[C@H](CO[C@@]23C[C@@H]4[C@H](C)CC[C@H]4[C@@]4(C=O)C[C@@H]2C=C(C(C)C)[C@@]34C(=O)O)O[C@H](C)[C@@H](OC)C1. The van der Waals surface area contributed by atoms with E-state index in [0.29, 0.717) is 38.4 Å². The third-order valence-electron chi connectivity index (χ3n) is 10.9. The molecule has 0 unspecified atom stereocenters. The van der Waals surface area contributed by atoms with Crippen molar-refractivity contribution in [2.45, 2.75) is 77.3 Å². The highest BCUT2D eigenvalue weighted by Crippen LogP contribution is 2.80. The molecule has 0 aromatic carbocycles. The first kappa shape index (κ1) is 28.5. The van der Waals surface area contributed by atoms with Crippen LogP contribution in [0.15, 0.2) is 22.7 Å². The standard InChI is InChI=1S/C30H44BrNO6/c1-17(2)25-9-21-10-28(16-33)24-8-7-18(3)23(24)11-29(21,30(25,28)27(34)35)37-15-22-13-32(12-19(4)31)14-26(36-6)20(5)38-22/h9,16-18,20-24,26H,4,7-8,10-15H2,1-3,5-6H3,(H,34,35)/t18-,20-,21+,22-,23-,24-,26+,28+,29+,30+/m1/s1. The summed E-state index contributed by atoms with van der Waals surface area (Å²) in [5.41, 5.74) is -2.31. The van der Waals surface area contributed by atoms with E-state index in [4.69, 9.17) is 14.2 Å². The van der Waals surface area contributed by atoms with Crippen molar-refractivity contribution in [3.63, 3.8) is 0 Å². The van der Waals surface area contributed by atoms with Gasteiger partial charge in [-0.3, -0.25) is 9.69 Å². The monoisotopic (exact) mass is 593 g/mol. The Kier molecular flexibility index (Phi) is 7.56.